The number of amides is 2. The van der Waals surface area contributed by atoms with Crippen molar-refractivity contribution in [1.29, 1.82) is 0 Å². The average Bonchev–Trinajstić information content (AvgIpc) is 2.96. The summed E-state index contributed by atoms with van der Waals surface area (Å²) in [6.07, 6.45) is 7.32. The van der Waals surface area contributed by atoms with E-state index in [1.807, 2.05) is 6.92 Å². The number of hydrogen-bond acceptors (Lipinski definition) is 4. The van der Waals surface area contributed by atoms with Crippen LogP contribution in [0.5, 0.6) is 0 Å². The highest BCUT2D eigenvalue weighted by Crippen LogP contribution is 2.42. The van der Waals surface area contributed by atoms with Gasteiger partial charge < -0.3 is 15.1 Å². The highest BCUT2D eigenvalue weighted by atomic mass is 32.1. The summed E-state index contributed by atoms with van der Waals surface area (Å²) in [7, 11) is 0. The van der Waals surface area contributed by atoms with Crippen molar-refractivity contribution >= 4 is 17.4 Å². The predicted octanol–water partition coefficient (Wildman–Crippen LogP) is 3.17. The molecule has 6 heteroatoms. The third-order valence-electron chi connectivity index (χ3n) is 5.58. The molecule has 24 heavy (non-hydrogen) atoms. The van der Waals surface area contributed by atoms with E-state index in [0.29, 0.717) is 12.0 Å². The van der Waals surface area contributed by atoms with E-state index in [1.165, 1.54) is 38.8 Å². The van der Waals surface area contributed by atoms with E-state index in [4.69, 9.17) is 0 Å². The lowest BCUT2D eigenvalue weighted by Crippen LogP contribution is -2.48. The zero-order valence-electron chi connectivity index (χ0n) is 14.5. The lowest BCUT2D eigenvalue weighted by Gasteiger charge is -2.30. The van der Waals surface area contributed by atoms with Gasteiger partial charge in [-0.05, 0) is 64.5 Å². The summed E-state index contributed by atoms with van der Waals surface area (Å²) < 4.78 is 0. The molecule has 2 saturated heterocycles. The molecule has 2 aliphatic heterocycles. The Morgan fingerprint density at radius 3 is 2.75 bits per heavy atom. The third-order valence-corrected chi connectivity index (χ3v) is 6.63. The summed E-state index contributed by atoms with van der Waals surface area (Å²) in [5, 5.41) is 6.49. The van der Waals surface area contributed by atoms with Gasteiger partial charge >= 0.3 is 6.03 Å². The molecule has 1 aliphatic carbocycles. The highest BCUT2D eigenvalue weighted by molar-refractivity contribution is 7.09. The van der Waals surface area contributed by atoms with Gasteiger partial charge in [0.1, 0.15) is 5.01 Å². The topological polar surface area (TPSA) is 48.5 Å². The van der Waals surface area contributed by atoms with Gasteiger partial charge in [-0.25, -0.2) is 9.78 Å². The molecule has 0 spiro atoms. The van der Waals surface area contributed by atoms with Crippen LogP contribution in [0.25, 0.3) is 0 Å². The minimum Gasteiger partial charge on any atom is -0.328 e. The number of urea groups is 1. The smallest absolute Gasteiger partial charge is 0.318 e. The predicted molar refractivity (Wildman–Crippen MR) is 96.2 cm³/mol. The second-order valence-electron chi connectivity index (χ2n) is 7.59. The van der Waals surface area contributed by atoms with Gasteiger partial charge in [-0.1, -0.05) is 0 Å². The molecule has 0 bridgehead atoms. The van der Waals surface area contributed by atoms with E-state index < -0.39 is 0 Å². The normalized spacial score (nSPS) is 26.0. The average molecular weight is 349 g/mol. The second-order valence-corrected chi connectivity index (χ2v) is 8.48. The van der Waals surface area contributed by atoms with Gasteiger partial charge in [-0.3, -0.25) is 0 Å². The number of nitrogens with one attached hydrogen (secondary N) is 1. The minimum atomic E-state index is 0.115. The van der Waals surface area contributed by atoms with E-state index >= 15 is 0 Å². The Labute approximate surface area is 148 Å². The molecule has 2 amide bonds. The molecule has 0 unspecified atom stereocenters. The Morgan fingerprint density at radius 1 is 1.29 bits per heavy atom. The Hall–Kier alpha value is -1.14. The number of hydrogen-bond donors (Lipinski definition) is 1. The molecule has 5 nitrogen and oxygen atoms in total. The van der Waals surface area contributed by atoms with Crippen LogP contribution >= 0.6 is 11.3 Å². The summed E-state index contributed by atoms with van der Waals surface area (Å²) in [5.41, 5.74) is 1.06. The van der Waals surface area contributed by atoms with E-state index in [2.05, 4.69) is 25.5 Å². The summed E-state index contributed by atoms with van der Waals surface area (Å²) in [5.74, 6) is 0.583. The van der Waals surface area contributed by atoms with Gasteiger partial charge in [0.05, 0.1) is 6.04 Å². The molecule has 0 radical (unpaired) electrons. The van der Waals surface area contributed by atoms with Crippen LogP contribution in [0.4, 0.5) is 4.79 Å². The zero-order chi connectivity index (χ0) is 16.5. The van der Waals surface area contributed by atoms with Crippen molar-refractivity contribution in [3.05, 3.63) is 16.1 Å². The number of carbonyl (C=O) groups is 1. The van der Waals surface area contributed by atoms with Crippen LogP contribution in [0.1, 0.15) is 55.3 Å². The van der Waals surface area contributed by atoms with Gasteiger partial charge in [0.2, 0.25) is 0 Å². The van der Waals surface area contributed by atoms with Crippen LogP contribution in [0.3, 0.4) is 0 Å². The van der Waals surface area contributed by atoms with Crippen LogP contribution in [0.2, 0.25) is 0 Å². The molecule has 1 N–H and O–H groups in total. The van der Waals surface area contributed by atoms with Crippen molar-refractivity contribution in [2.45, 2.75) is 57.5 Å². The van der Waals surface area contributed by atoms with Crippen molar-refractivity contribution in [3.63, 3.8) is 0 Å². The van der Waals surface area contributed by atoms with Crippen molar-refractivity contribution < 1.29 is 4.79 Å². The van der Waals surface area contributed by atoms with Crippen LogP contribution < -0.4 is 5.32 Å². The van der Waals surface area contributed by atoms with Crippen molar-refractivity contribution in [2.24, 2.45) is 5.92 Å². The summed E-state index contributed by atoms with van der Waals surface area (Å²) in [4.78, 5) is 22.2. The maximum absolute atomic E-state index is 12.9. The largest absolute Gasteiger partial charge is 0.328 e. The number of aromatic nitrogens is 1. The summed E-state index contributed by atoms with van der Waals surface area (Å²) in [6.45, 7) is 6.39. The quantitative estimate of drug-likeness (QED) is 0.889. The van der Waals surface area contributed by atoms with Gasteiger partial charge in [-0.2, -0.15) is 0 Å². The van der Waals surface area contributed by atoms with Crippen LogP contribution in [-0.2, 0) is 0 Å². The number of likely N-dealkylation sites (tertiary alicyclic amines) is 2. The fraction of sp³-hybridized carbons (Fsp3) is 0.778. The Bertz CT molecular complexity index is 579. The molecule has 4 rings (SSSR count). The molecule has 0 aromatic carbocycles. The van der Waals surface area contributed by atoms with Gasteiger partial charge in [0.25, 0.3) is 0 Å². The third kappa shape index (κ3) is 3.59. The maximum Gasteiger partial charge on any atom is 0.318 e. The molecular weight excluding hydrogens is 320 g/mol. The van der Waals surface area contributed by atoms with Gasteiger partial charge in [0.15, 0.2) is 0 Å². The fourth-order valence-corrected chi connectivity index (χ4v) is 5.04. The number of thiazole rings is 1. The van der Waals surface area contributed by atoms with Crippen molar-refractivity contribution in [1.82, 2.24) is 20.1 Å². The zero-order valence-corrected chi connectivity index (χ0v) is 15.4. The molecule has 3 heterocycles. The second kappa shape index (κ2) is 7.00. The Kier molecular flexibility index (Phi) is 4.77. The SMILES string of the molecule is Cc1csc([C@@H](NC(=O)N2CCC[C@H]2CN2CCCC2)C2CC2)n1. The van der Waals surface area contributed by atoms with Crippen LogP contribution in [-0.4, -0.2) is 53.0 Å². The van der Waals surface area contributed by atoms with Crippen molar-refractivity contribution in [3.8, 4) is 0 Å². The first-order valence-corrected chi connectivity index (χ1v) is 10.3. The number of aryl methyl sites for hydroxylation is 1. The molecule has 3 fully saturated rings. The molecule has 3 aliphatic rings. The van der Waals surface area contributed by atoms with E-state index in [-0.39, 0.29) is 12.1 Å². The Morgan fingerprint density at radius 2 is 2.08 bits per heavy atom. The first-order valence-electron chi connectivity index (χ1n) is 9.42. The molecule has 1 saturated carbocycles. The molecular formula is C18H28N4OS. The first-order chi connectivity index (χ1) is 11.7. The number of nitrogens with zero attached hydrogens (tertiary/aromatic N) is 3. The van der Waals surface area contributed by atoms with E-state index in [1.54, 1.807) is 11.3 Å². The first kappa shape index (κ1) is 16.3. The number of rotatable bonds is 5. The van der Waals surface area contributed by atoms with Gasteiger partial charge in [0, 0.05) is 30.2 Å². The van der Waals surface area contributed by atoms with Gasteiger partial charge in [-0.15, -0.1) is 11.3 Å². The summed E-state index contributed by atoms with van der Waals surface area (Å²) >= 11 is 1.68. The van der Waals surface area contributed by atoms with Crippen LogP contribution in [0.15, 0.2) is 5.38 Å². The standard InChI is InChI=1S/C18H28N4OS/c1-13-12-24-17(19-13)16(14-6-7-14)20-18(23)22-10-4-5-15(22)11-21-8-2-3-9-21/h12,14-16H,2-11H2,1H3,(H,20,23)/t15-,16-/m0/s1. The van der Waals surface area contributed by atoms with Crippen molar-refractivity contribution in [2.75, 3.05) is 26.2 Å². The highest BCUT2D eigenvalue weighted by Gasteiger charge is 2.38. The monoisotopic (exact) mass is 348 g/mol. The van der Waals surface area contributed by atoms with Crippen LogP contribution in [0, 0.1) is 12.8 Å². The van der Waals surface area contributed by atoms with E-state index in [0.717, 1.165) is 36.6 Å². The Balaban J connectivity index is 1.40. The molecule has 1 aromatic rings. The van der Waals surface area contributed by atoms with E-state index in [9.17, 15) is 4.79 Å². The molecule has 2 atom stereocenters. The molecule has 132 valence electrons. The molecule has 1 aromatic heterocycles. The minimum absolute atomic E-state index is 0.115. The number of carbonyl (C=O) groups excluding carboxylic acids is 1. The summed E-state index contributed by atoms with van der Waals surface area (Å²) in [6, 6.07) is 0.631. The fourth-order valence-electron chi connectivity index (χ4n) is 4.10. The maximum atomic E-state index is 12.9. The lowest BCUT2D eigenvalue weighted by atomic mass is 10.2. The lowest BCUT2D eigenvalue weighted by molar-refractivity contribution is 0.170.